The van der Waals surface area contributed by atoms with E-state index in [2.05, 4.69) is 49.4 Å². The van der Waals surface area contributed by atoms with Crippen molar-refractivity contribution < 1.29 is 4.52 Å². The monoisotopic (exact) mass is 372 g/mol. The molecule has 1 aromatic carbocycles. The molecule has 0 radical (unpaired) electrons. The highest BCUT2D eigenvalue weighted by molar-refractivity contribution is 5.47. The SMILES string of the molecule is c1ccc(-c2noc([C@H]3CCCN3Cc3ccc(-n4cccn4)cc3)n2)nc1. The van der Waals surface area contributed by atoms with Crippen molar-refractivity contribution in [2.75, 3.05) is 6.54 Å². The van der Waals surface area contributed by atoms with Gasteiger partial charge in [-0.05, 0) is 55.3 Å². The van der Waals surface area contributed by atoms with E-state index in [1.54, 1.807) is 12.4 Å². The second kappa shape index (κ2) is 7.36. The number of likely N-dealkylation sites (tertiary alicyclic amines) is 1. The molecule has 7 nitrogen and oxygen atoms in total. The minimum absolute atomic E-state index is 0.149. The normalized spacial score (nSPS) is 17.2. The van der Waals surface area contributed by atoms with Crippen molar-refractivity contribution in [3.05, 3.63) is 78.6 Å². The lowest BCUT2D eigenvalue weighted by atomic mass is 10.1. The molecule has 1 atom stereocenters. The van der Waals surface area contributed by atoms with E-state index in [-0.39, 0.29) is 6.04 Å². The van der Waals surface area contributed by atoms with Crippen LogP contribution < -0.4 is 0 Å². The smallest absolute Gasteiger partial charge is 0.244 e. The summed E-state index contributed by atoms with van der Waals surface area (Å²) in [6, 6.07) is 16.3. The van der Waals surface area contributed by atoms with Crippen molar-refractivity contribution >= 4 is 0 Å². The summed E-state index contributed by atoms with van der Waals surface area (Å²) in [6.07, 6.45) is 7.61. The van der Waals surface area contributed by atoms with Crippen LogP contribution in [0.4, 0.5) is 0 Å². The van der Waals surface area contributed by atoms with Crippen LogP contribution in [-0.2, 0) is 6.54 Å². The van der Waals surface area contributed by atoms with Crippen LogP contribution in [0, 0.1) is 0 Å². The van der Waals surface area contributed by atoms with Gasteiger partial charge in [0, 0.05) is 25.1 Å². The van der Waals surface area contributed by atoms with Crippen LogP contribution in [-0.4, -0.2) is 36.3 Å². The van der Waals surface area contributed by atoms with Crippen LogP contribution in [0.2, 0.25) is 0 Å². The third-order valence-corrected chi connectivity index (χ3v) is 5.08. The summed E-state index contributed by atoms with van der Waals surface area (Å²) < 4.78 is 7.45. The molecule has 4 heterocycles. The highest BCUT2D eigenvalue weighted by atomic mass is 16.5. The van der Waals surface area contributed by atoms with Gasteiger partial charge in [0.1, 0.15) is 5.69 Å². The molecule has 0 spiro atoms. The van der Waals surface area contributed by atoms with E-state index in [1.807, 2.05) is 35.1 Å². The van der Waals surface area contributed by atoms with Crippen LogP contribution >= 0.6 is 0 Å². The molecule has 0 unspecified atom stereocenters. The summed E-state index contributed by atoms with van der Waals surface area (Å²) in [4.78, 5) is 11.3. The van der Waals surface area contributed by atoms with Crippen LogP contribution in [0.3, 0.4) is 0 Å². The van der Waals surface area contributed by atoms with E-state index in [4.69, 9.17) is 4.52 Å². The van der Waals surface area contributed by atoms with Crippen molar-refractivity contribution in [1.82, 2.24) is 29.8 Å². The fourth-order valence-corrected chi connectivity index (χ4v) is 3.67. The Bertz CT molecular complexity index is 1030. The predicted molar refractivity (Wildman–Crippen MR) is 103 cm³/mol. The number of aromatic nitrogens is 5. The highest BCUT2D eigenvalue weighted by Crippen LogP contribution is 2.33. The second-order valence-corrected chi connectivity index (χ2v) is 6.92. The molecule has 7 heteroatoms. The summed E-state index contributed by atoms with van der Waals surface area (Å²) in [7, 11) is 0. The Kier molecular flexibility index (Phi) is 4.42. The Morgan fingerprint density at radius 3 is 2.75 bits per heavy atom. The molecule has 1 aliphatic heterocycles. The number of rotatable bonds is 5. The minimum Gasteiger partial charge on any atom is -0.337 e. The molecule has 4 aromatic rings. The molecule has 5 rings (SSSR count). The minimum atomic E-state index is 0.149. The molecule has 0 saturated carbocycles. The third kappa shape index (κ3) is 3.32. The first kappa shape index (κ1) is 16.8. The van der Waals surface area contributed by atoms with Crippen LogP contribution in [0.5, 0.6) is 0 Å². The number of hydrogen-bond acceptors (Lipinski definition) is 6. The second-order valence-electron chi connectivity index (χ2n) is 6.92. The third-order valence-electron chi connectivity index (χ3n) is 5.08. The molecule has 3 aromatic heterocycles. The Morgan fingerprint density at radius 2 is 1.96 bits per heavy atom. The van der Waals surface area contributed by atoms with Gasteiger partial charge in [0.2, 0.25) is 11.7 Å². The van der Waals surface area contributed by atoms with E-state index < -0.39 is 0 Å². The summed E-state index contributed by atoms with van der Waals surface area (Å²) >= 11 is 0. The van der Waals surface area contributed by atoms with Gasteiger partial charge in [0.25, 0.3) is 0 Å². The van der Waals surface area contributed by atoms with Crippen molar-refractivity contribution in [3.8, 4) is 17.2 Å². The lowest BCUT2D eigenvalue weighted by Gasteiger charge is -2.21. The van der Waals surface area contributed by atoms with Crippen molar-refractivity contribution in [1.29, 1.82) is 0 Å². The lowest BCUT2D eigenvalue weighted by molar-refractivity contribution is 0.201. The largest absolute Gasteiger partial charge is 0.337 e. The Balaban J connectivity index is 1.31. The summed E-state index contributed by atoms with van der Waals surface area (Å²) in [6.45, 7) is 1.87. The molecule has 0 aliphatic carbocycles. The summed E-state index contributed by atoms with van der Waals surface area (Å²) in [5.41, 5.74) is 3.05. The molecule has 1 aliphatic rings. The van der Waals surface area contributed by atoms with E-state index in [1.165, 1.54) is 5.56 Å². The predicted octanol–water partition coefficient (Wildman–Crippen LogP) is 3.65. The van der Waals surface area contributed by atoms with Crippen molar-refractivity contribution in [2.45, 2.75) is 25.4 Å². The Labute approximate surface area is 162 Å². The molecule has 140 valence electrons. The molecule has 0 bridgehead atoms. The van der Waals surface area contributed by atoms with Gasteiger partial charge in [-0.2, -0.15) is 10.1 Å². The topological polar surface area (TPSA) is 72.9 Å². The van der Waals surface area contributed by atoms with Gasteiger partial charge in [-0.3, -0.25) is 9.88 Å². The zero-order valence-electron chi connectivity index (χ0n) is 15.3. The summed E-state index contributed by atoms with van der Waals surface area (Å²) in [5.74, 6) is 1.22. The molecule has 1 saturated heterocycles. The quantitative estimate of drug-likeness (QED) is 0.532. The van der Waals surface area contributed by atoms with Gasteiger partial charge in [0.15, 0.2) is 0 Å². The fraction of sp³-hybridized carbons (Fsp3) is 0.238. The Hall–Kier alpha value is -3.32. The molecule has 1 fully saturated rings. The zero-order chi connectivity index (χ0) is 18.8. The van der Waals surface area contributed by atoms with Gasteiger partial charge in [-0.1, -0.05) is 23.4 Å². The Morgan fingerprint density at radius 1 is 1.04 bits per heavy atom. The van der Waals surface area contributed by atoms with E-state index in [0.717, 1.165) is 37.3 Å². The maximum Gasteiger partial charge on any atom is 0.244 e. The first-order valence-electron chi connectivity index (χ1n) is 9.45. The van der Waals surface area contributed by atoms with Gasteiger partial charge in [-0.25, -0.2) is 4.68 Å². The van der Waals surface area contributed by atoms with E-state index >= 15 is 0 Å². The number of nitrogens with zero attached hydrogens (tertiary/aromatic N) is 6. The van der Waals surface area contributed by atoms with Gasteiger partial charge < -0.3 is 4.52 Å². The molecule has 0 amide bonds. The maximum absolute atomic E-state index is 5.58. The zero-order valence-corrected chi connectivity index (χ0v) is 15.3. The summed E-state index contributed by atoms with van der Waals surface area (Å²) in [5, 5.41) is 8.40. The van der Waals surface area contributed by atoms with Crippen molar-refractivity contribution in [2.24, 2.45) is 0 Å². The lowest BCUT2D eigenvalue weighted by Crippen LogP contribution is -2.23. The number of hydrogen-bond donors (Lipinski definition) is 0. The van der Waals surface area contributed by atoms with Crippen molar-refractivity contribution in [3.63, 3.8) is 0 Å². The van der Waals surface area contributed by atoms with Gasteiger partial charge >= 0.3 is 0 Å². The average Bonchev–Trinajstić information content (AvgIpc) is 3.51. The molecule has 28 heavy (non-hydrogen) atoms. The molecule has 0 N–H and O–H groups in total. The standard InChI is InChI=1S/C21H20N6O/c1-2-11-22-18(5-1)20-24-21(28-25-20)19-6-3-13-26(19)15-16-7-9-17(10-8-16)27-14-4-12-23-27/h1-2,4-5,7-12,14,19H,3,6,13,15H2/t19-/m1/s1. The first-order chi connectivity index (χ1) is 13.9. The number of pyridine rings is 1. The van der Waals surface area contributed by atoms with Crippen LogP contribution in [0.25, 0.3) is 17.2 Å². The maximum atomic E-state index is 5.58. The van der Waals surface area contributed by atoms with Crippen LogP contribution in [0.15, 0.2) is 71.6 Å². The highest BCUT2D eigenvalue weighted by Gasteiger charge is 2.30. The average molecular weight is 372 g/mol. The van der Waals surface area contributed by atoms with E-state index in [0.29, 0.717) is 11.7 Å². The van der Waals surface area contributed by atoms with E-state index in [9.17, 15) is 0 Å². The number of benzene rings is 1. The van der Waals surface area contributed by atoms with Gasteiger partial charge in [-0.15, -0.1) is 0 Å². The molecular weight excluding hydrogens is 352 g/mol. The first-order valence-corrected chi connectivity index (χ1v) is 9.45. The fourth-order valence-electron chi connectivity index (χ4n) is 3.67. The molecular formula is C21H20N6O. The van der Waals surface area contributed by atoms with Gasteiger partial charge in [0.05, 0.1) is 11.7 Å². The van der Waals surface area contributed by atoms with Crippen LogP contribution in [0.1, 0.15) is 30.3 Å².